The molecule has 8 nitrogen and oxygen atoms in total. The normalized spacial score (nSPS) is 14.8. The van der Waals surface area contributed by atoms with Crippen LogP contribution in [0.15, 0.2) is 12.2 Å². The molecule has 0 heterocycles. The average molecular weight is 959 g/mol. The summed E-state index contributed by atoms with van der Waals surface area (Å²) in [5, 5.41) is 0. The maximum absolute atomic E-state index is 14.2. The molecule has 0 rings (SSSR count). The molecule has 59 heavy (non-hydrogen) atoms. The molecule has 0 aliphatic heterocycles. The van der Waals surface area contributed by atoms with Gasteiger partial charge in [0.25, 0.3) is 0 Å². The van der Waals surface area contributed by atoms with Crippen LogP contribution >= 0.6 is 0 Å². The van der Waals surface area contributed by atoms with Gasteiger partial charge in [0.15, 0.2) is 0 Å². The Morgan fingerprint density at radius 2 is 0.797 bits per heavy atom. The molecule has 354 valence electrons. The van der Waals surface area contributed by atoms with E-state index in [1.54, 1.807) is 28.3 Å². The van der Waals surface area contributed by atoms with E-state index >= 15 is 0 Å². The number of alkyl halides is 21. The summed E-state index contributed by atoms with van der Waals surface area (Å²) in [5.41, 5.74) is 0.397. The zero-order chi connectivity index (χ0) is 47.8. The highest BCUT2D eigenvalue weighted by molar-refractivity contribution is 6.61. The molecule has 0 N–H and O–H groups in total. The van der Waals surface area contributed by atoms with Crippen molar-refractivity contribution in [2.45, 2.75) is 112 Å². The summed E-state index contributed by atoms with van der Waals surface area (Å²) in [6.07, 6.45) is -10.2. The Hall–Kier alpha value is -2.07. The molecule has 0 amide bonds. The molecule has 0 atom stereocenters. The molecule has 0 saturated heterocycles. The molecule has 0 aliphatic rings. The Labute approximate surface area is 324 Å². The van der Waals surface area contributed by atoms with Gasteiger partial charge >= 0.3 is 83.1 Å². The molecule has 0 unspecified atom stereocenters. The fourth-order valence-corrected chi connectivity index (χ4v) is 8.50. The van der Waals surface area contributed by atoms with Crippen LogP contribution in [-0.4, -0.2) is 131 Å². The van der Waals surface area contributed by atoms with E-state index in [-0.39, 0.29) is 5.97 Å². The van der Waals surface area contributed by atoms with E-state index in [1.807, 2.05) is 0 Å². The minimum absolute atomic E-state index is 0.316. The summed E-state index contributed by atoms with van der Waals surface area (Å²) in [5.74, 6) is -77.6. The summed E-state index contributed by atoms with van der Waals surface area (Å²) >= 11 is 0. The zero-order valence-electron chi connectivity index (χ0n) is 31.6. The lowest BCUT2D eigenvalue weighted by molar-refractivity contribution is -0.474. The molecule has 0 fully saturated rings. The summed E-state index contributed by atoms with van der Waals surface area (Å²) in [4.78, 5) is 11.1. The van der Waals surface area contributed by atoms with E-state index in [0.29, 0.717) is 24.6 Å². The standard InChI is InChI=1S/C18H19F21O3Si.C10H20O5Si/c1-4-40-43(41-5-2,42-6-3)8-7-9(19,20)10(21,22)11(23,24)12(25,26)13(27,28)14(29,30)15(31,32)16(33,34)17(35,36)18(37,38)39;1-9(2)10(11)15-7-6-8-16(12-3,13-4)14-5/h4-8H2,1-3H3;1,6-8H2,2-5H3. The summed E-state index contributed by atoms with van der Waals surface area (Å²) in [6, 6.07) is -1.10. The van der Waals surface area contributed by atoms with Crippen molar-refractivity contribution in [3.8, 4) is 0 Å². The van der Waals surface area contributed by atoms with Gasteiger partial charge < -0.3 is 31.3 Å². The van der Waals surface area contributed by atoms with Crippen LogP contribution in [0, 0.1) is 0 Å². The lowest BCUT2D eigenvalue weighted by Crippen LogP contribution is -2.76. The van der Waals surface area contributed by atoms with Crippen LogP contribution in [0.25, 0.3) is 0 Å². The van der Waals surface area contributed by atoms with Crippen LogP contribution in [0.4, 0.5) is 92.2 Å². The van der Waals surface area contributed by atoms with Crippen LogP contribution in [0.3, 0.4) is 0 Å². The first-order valence-electron chi connectivity index (χ1n) is 16.0. The molecular weight excluding hydrogens is 919 g/mol. The van der Waals surface area contributed by atoms with Gasteiger partial charge in [0, 0.05) is 65.2 Å². The topological polar surface area (TPSA) is 81.7 Å². The molecule has 0 aromatic carbocycles. The van der Waals surface area contributed by atoms with Gasteiger partial charge in [0.2, 0.25) is 0 Å². The Morgan fingerprint density at radius 1 is 0.492 bits per heavy atom. The van der Waals surface area contributed by atoms with Crippen molar-refractivity contribution in [2.75, 3.05) is 47.8 Å². The van der Waals surface area contributed by atoms with Gasteiger partial charge in [0.05, 0.1) is 6.61 Å². The second-order valence-corrected chi connectivity index (χ2v) is 17.4. The maximum atomic E-state index is 14.2. The highest BCUT2D eigenvalue weighted by Crippen LogP contribution is 2.66. The number of esters is 1. The number of ether oxygens (including phenoxy) is 1. The number of hydrogen-bond donors (Lipinski definition) is 0. The van der Waals surface area contributed by atoms with Crippen molar-refractivity contribution in [3.05, 3.63) is 12.2 Å². The number of rotatable bonds is 25. The first-order chi connectivity index (χ1) is 26.1. The first-order valence-corrected chi connectivity index (χ1v) is 19.9. The van der Waals surface area contributed by atoms with Crippen molar-refractivity contribution < 1.29 is 128 Å². The van der Waals surface area contributed by atoms with E-state index in [0.717, 1.165) is 20.8 Å². The molecule has 0 radical (unpaired) electrons. The van der Waals surface area contributed by atoms with Gasteiger partial charge in [-0.2, -0.15) is 92.2 Å². The number of carbonyl (C=O) groups is 1. The Bertz CT molecular complexity index is 1320. The first kappa shape index (κ1) is 59.0. The largest absolute Gasteiger partial charge is 0.501 e. The third-order valence-electron chi connectivity index (χ3n) is 7.56. The fourth-order valence-electron chi connectivity index (χ4n) is 4.19. The molecule has 0 saturated carbocycles. The Kier molecular flexibility index (Phi) is 20.4. The van der Waals surface area contributed by atoms with Crippen molar-refractivity contribution >= 4 is 23.6 Å². The third kappa shape index (κ3) is 11.5. The van der Waals surface area contributed by atoms with Gasteiger partial charge in [-0.05, 0) is 34.1 Å². The van der Waals surface area contributed by atoms with E-state index in [2.05, 4.69) is 6.58 Å². The van der Waals surface area contributed by atoms with Gasteiger partial charge in [-0.15, -0.1) is 0 Å². The summed E-state index contributed by atoms with van der Waals surface area (Å²) in [7, 11) is -2.46. The molecule has 0 aromatic rings. The van der Waals surface area contributed by atoms with E-state index < -0.39 is 109 Å². The number of carbonyl (C=O) groups excluding carboxylic acids is 1. The second kappa shape index (κ2) is 20.4. The van der Waals surface area contributed by atoms with Crippen LogP contribution in [0.1, 0.15) is 40.5 Å². The van der Waals surface area contributed by atoms with Crippen molar-refractivity contribution in [3.63, 3.8) is 0 Å². The van der Waals surface area contributed by atoms with Crippen LogP contribution < -0.4 is 0 Å². The highest BCUT2D eigenvalue weighted by Gasteiger charge is 2.97. The minimum atomic E-state index is -9.20. The maximum Gasteiger partial charge on any atom is 0.501 e. The van der Waals surface area contributed by atoms with Crippen molar-refractivity contribution in [2.24, 2.45) is 0 Å². The monoisotopic (exact) mass is 958 g/mol. The Morgan fingerprint density at radius 3 is 1.07 bits per heavy atom. The minimum Gasteiger partial charge on any atom is -0.462 e. The molecule has 31 heteroatoms. The van der Waals surface area contributed by atoms with Crippen LogP contribution in [0.2, 0.25) is 12.1 Å². The predicted octanol–water partition coefficient (Wildman–Crippen LogP) is 10.1. The van der Waals surface area contributed by atoms with Crippen LogP contribution in [0.5, 0.6) is 0 Å². The van der Waals surface area contributed by atoms with Crippen molar-refractivity contribution in [1.29, 1.82) is 0 Å². The van der Waals surface area contributed by atoms with Gasteiger partial charge in [-0.25, -0.2) is 4.79 Å². The molecule has 0 bridgehead atoms. The second-order valence-electron chi connectivity index (χ2n) is 11.6. The average Bonchev–Trinajstić information content (AvgIpc) is 3.10. The Balaban J connectivity index is 0. The van der Waals surface area contributed by atoms with Crippen molar-refractivity contribution in [1.82, 2.24) is 0 Å². The SMILES string of the molecule is C=C(C)C(=O)OCCC[Si](OC)(OC)OC.CCO[Si](CCC(F)(F)C(F)(F)C(F)(F)C(F)(F)C(F)(F)C(F)(F)C(F)(F)C(F)(F)C(F)(F)C(F)(F)F)(OCC)OCC. The zero-order valence-corrected chi connectivity index (χ0v) is 33.6. The summed E-state index contributed by atoms with van der Waals surface area (Å²) in [6.45, 7) is 7.22. The van der Waals surface area contributed by atoms with Crippen LogP contribution in [-0.2, 0) is 36.1 Å². The highest BCUT2D eigenvalue weighted by atomic mass is 28.4. The summed E-state index contributed by atoms with van der Waals surface area (Å²) < 4.78 is 318. The van der Waals surface area contributed by atoms with E-state index in [9.17, 15) is 97.0 Å². The predicted molar refractivity (Wildman–Crippen MR) is 163 cm³/mol. The van der Waals surface area contributed by atoms with E-state index in [1.165, 1.54) is 0 Å². The molecule has 0 spiro atoms. The van der Waals surface area contributed by atoms with Gasteiger partial charge in [-0.3, -0.25) is 0 Å². The lowest BCUT2D eigenvalue weighted by Gasteiger charge is -2.44. The molecule has 0 aliphatic carbocycles. The smallest absolute Gasteiger partial charge is 0.462 e. The number of halogens is 21. The lowest BCUT2D eigenvalue weighted by atomic mass is 9.86. The molecule has 0 aromatic heterocycles. The van der Waals surface area contributed by atoms with Gasteiger partial charge in [-0.1, -0.05) is 6.58 Å². The molecular formula is C28H39F21O8Si2. The van der Waals surface area contributed by atoms with E-state index in [4.69, 9.17) is 31.3 Å². The van der Waals surface area contributed by atoms with Gasteiger partial charge in [0.1, 0.15) is 0 Å². The quantitative estimate of drug-likeness (QED) is 0.0294. The third-order valence-corrected chi connectivity index (χ3v) is 13.4. The fraction of sp³-hybridized carbons (Fsp3) is 0.893. The number of hydrogen-bond acceptors (Lipinski definition) is 8.